The molecule has 0 saturated heterocycles. The van der Waals surface area contributed by atoms with Crippen molar-refractivity contribution in [1.29, 1.82) is 0 Å². The molecule has 4 heteroatoms. The zero-order valence-electron chi connectivity index (χ0n) is 10.5. The SMILES string of the molecule is CCOC(=O)c1ccc(Nc2ccc(F)cc2)cc1. The first-order chi connectivity index (χ1) is 9.19. The molecule has 0 heterocycles. The summed E-state index contributed by atoms with van der Waals surface area (Å²) in [5, 5.41) is 3.11. The summed E-state index contributed by atoms with van der Waals surface area (Å²) in [4.78, 5) is 11.5. The highest BCUT2D eigenvalue weighted by Gasteiger charge is 2.05. The van der Waals surface area contributed by atoms with Crippen LogP contribution < -0.4 is 5.32 Å². The van der Waals surface area contributed by atoms with E-state index in [1.807, 2.05) is 0 Å². The third-order valence-corrected chi connectivity index (χ3v) is 2.53. The molecule has 19 heavy (non-hydrogen) atoms. The molecule has 98 valence electrons. The van der Waals surface area contributed by atoms with Crippen LogP contribution >= 0.6 is 0 Å². The lowest BCUT2D eigenvalue weighted by Crippen LogP contribution is -2.04. The van der Waals surface area contributed by atoms with Crippen molar-refractivity contribution in [1.82, 2.24) is 0 Å². The molecule has 2 rings (SSSR count). The number of hydrogen-bond donors (Lipinski definition) is 1. The minimum Gasteiger partial charge on any atom is -0.462 e. The highest BCUT2D eigenvalue weighted by atomic mass is 19.1. The number of ether oxygens (including phenoxy) is 1. The minimum absolute atomic E-state index is 0.275. The van der Waals surface area contributed by atoms with E-state index >= 15 is 0 Å². The Kier molecular flexibility index (Phi) is 4.13. The Labute approximate surface area is 111 Å². The third kappa shape index (κ3) is 3.55. The van der Waals surface area contributed by atoms with Crippen LogP contribution in [0.4, 0.5) is 15.8 Å². The summed E-state index contributed by atoms with van der Waals surface area (Å²) in [5.74, 6) is -0.612. The van der Waals surface area contributed by atoms with Gasteiger partial charge in [-0.3, -0.25) is 0 Å². The van der Waals surface area contributed by atoms with Crippen molar-refractivity contribution in [2.45, 2.75) is 6.92 Å². The van der Waals surface area contributed by atoms with E-state index in [2.05, 4.69) is 5.32 Å². The van der Waals surface area contributed by atoms with Crippen molar-refractivity contribution < 1.29 is 13.9 Å². The van der Waals surface area contributed by atoms with E-state index in [1.165, 1.54) is 12.1 Å². The van der Waals surface area contributed by atoms with Gasteiger partial charge in [-0.1, -0.05) is 0 Å². The van der Waals surface area contributed by atoms with Crippen LogP contribution in [-0.2, 0) is 4.74 Å². The Balaban J connectivity index is 2.06. The van der Waals surface area contributed by atoms with E-state index in [-0.39, 0.29) is 11.8 Å². The van der Waals surface area contributed by atoms with E-state index in [0.717, 1.165) is 11.4 Å². The molecule has 0 unspecified atom stereocenters. The second kappa shape index (κ2) is 6.00. The van der Waals surface area contributed by atoms with Gasteiger partial charge in [0.1, 0.15) is 5.82 Å². The first-order valence-corrected chi connectivity index (χ1v) is 5.99. The number of halogens is 1. The van der Waals surface area contributed by atoms with Crippen LogP contribution in [0.2, 0.25) is 0 Å². The standard InChI is InChI=1S/C15H14FNO2/c1-2-19-15(18)11-3-7-13(8-4-11)17-14-9-5-12(16)6-10-14/h3-10,17H,2H2,1H3. The summed E-state index contributed by atoms with van der Waals surface area (Å²) in [6, 6.07) is 13.0. The summed E-state index contributed by atoms with van der Waals surface area (Å²) in [5.41, 5.74) is 2.11. The number of esters is 1. The number of carbonyl (C=O) groups is 1. The van der Waals surface area contributed by atoms with Gasteiger partial charge in [0.25, 0.3) is 0 Å². The molecule has 3 nitrogen and oxygen atoms in total. The number of anilines is 2. The van der Waals surface area contributed by atoms with Crippen molar-refractivity contribution in [3.8, 4) is 0 Å². The maximum Gasteiger partial charge on any atom is 0.338 e. The molecule has 1 N–H and O–H groups in total. The van der Waals surface area contributed by atoms with Gasteiger partial charge in [-0.15, -0.1) is 0 Å². The molecule has 0 bridgehead atoms. The number of carbonyl (C=O) groups excluding carboxylic acids is 1. The Hall–Kier alpha value is -2.36. The van der Waals surface area contributed by atoms with E-state index in [1.54, 1.807) is 43.3 Å². The topological polar surface area (TPSA) is 38.3 Å². The lowest BCUT2D eigenvalue weighted by atomic mass is 10.2. The molecule has 0 spiro atoms. The predicted molar refractivity (Wildman–Crippen MR) is 72.1 cm³/mol. The van der Waals surface area contributed by atoms with Gasteiger partial charge >= 0.3 is 5.97 Å². The molecule has 2 aromatic rings. The Morgan fingerprint density at radius 1 is 1.05 bits per heavy atom. The average molecular weight is 259 g/mol. The molecular formula is C15H14FNO2. The summed E-state index contributed by atoms with van der Waals surface area (Å²) >= 11 is 0. The monoisotopic (exact) mass is 259 g/mol. The second-order valence-electron chi connectivity index (χ2n) is 3.93. The first kappa shape index (κ1) is 13.1. The van der Waals surface area contributed by atoms with Gasteiger partial charge in [0, 0.05) is 11.4 Å². The first-order valence-electron chi connectivity index (χ1n) is 5.99. The number of rotatable bonds is 4. The van der Waals surface area contributed by atoms with Crippen molar-refractivity contribution >= 4 is 17.3 Å². The smallest absolute Gasteiger partial charge is 0.338 e. The van der Waals surface area contributed by atoms with E-state index in [0.29, 0.717) is 12.2 Å². The van der Waals surface area contributed by atoms with Crippen LogP contribution in [0.1, 0.15) is 17.3 Å². The summed E-state index contributed by atoms with van der Waals surface area (Å²) in [6.45, 7) is 2.12. The van der Waals surface area contributed by atoms with Crippen LogP contribution in [-0.4, -0.2) is 12.6 Å². The Bertz CT molecular complexity index is 549. The predicted octanol–water partition coefficient (Wildman–Crippen LogP) is 3.75. The van der Waals surface area contributed by atoms with Crippen molar-refractivity contribution in [3.63, 3.8) is 0 Å². The molecule has 0 amide bonds. The van der Waals surface area contributed by atoms with Crippen LogP contribution in [0.5, 0.6) is 0 Å². The maximum atomic E-state index is 12.8. The lowest BCUT2D eigenvalue weighted by molar-refractivity contribution is 0.0526. The quantitative estimate of drug-likeness (QED) is 0.850. The molecule has 0 aliphatic heterocycles. The largest absolute Gasteiger partial charge is 0.462 e. The summed E-state index contributed by atoms with van der Waals surface area (Å²) in [7, 11) is 0. The van der Waals surface area contributed by atoms with Gasteiger partial charge in [0.2, 0.25) is 0 Å². The number of nitrogens with one attached hydrogen (secondary N) is 1. The minimum atomic E-state index is -0.337. The van der Waals surface area contributed by atoms with Gasteiger partial charge in [-0.05, 0) is 55.5 Å². The summed E-state index contributed by atoms with van der Waals surface area (Å²) in [6.07, 6.45) is 0. The molecule has 0 fully saturated rings. The normalized spacial score (nSPS) is 10.0. The van der Waals surface area contributed by atoms with Gasteiger partial charge in [0.15, 0.2) is 0 Å². The average Bonchev–Trinajstić information content (AvgIpc) is 2.42. The van der Waals surface area contributed by atoms with Crippen molar-refractivity contribution in [3.05, 3.63) is 59.9 Å². The zero-order chi connectivity index (χ0) is 13.7. The highest BCUT2D eigenvalue weighted by molar-refractivity contribution is 5.89. The lowest BCUT2D eigenvalue weighted by Gasteiger charge is -2.07. The van der Waals surface area contributed by atoms with E-state index in [4.69, 9.17) is 4.74 Å². The fourth-order valence-corrected chi connectivity index (χ4v) is 1.60. The molecular weight excluding hydrogens is 245 g/mol. The molecule has 0 atom stereocenters. The van der Waals surface area contributed by atoms with Crippen LogP contribution in [0.3, 0.4) is 0 Å². The number of hydrogen-bond acceptors (Lipinski definition) is 3. The molecule has 0 aliphatic rings. The molecule has 0 radical (unpaired) electrons. The fourth-order valence-electron chi connectivity index (χ4n) is 1.60. The third-order valence-electron chi connectivity index (χ3n) is 2.53. The number of benzene rings is 2. The summed E-state index contributed by atoms with van der Waals surface area (Å²) < 4.78 is 17.7. The van der Waals surface area contributed by atoms with Crippen molar-refractivity contribution in [2.24, 2.45) is 0 Å². The fraction of sp³-hybridized carbons (Fsp3) is 0.133. The molecule has 0 saturated carbocycles. The van der Waals surface area contributed by atoms with E-state index in [9.17, 15) is 9.18 Å². The van der Waals surface area contributed by atoms with Crippen LogP contribution in [0.15, 0.2) is 48.5 Å². The molecule has 0 aromatic heterocycles. The highest BCUT2D eigenvalue weighted by Crippen LogP contribution is 2.17. The van der Waals surface area contributed by atoms with Crippen LogP contribution in [0.25, 0.3) is 0 Å². The van der Waals surface area contributed by atoms with Gasteiger partial charge in [-0.25, -0.2) is 9.18 Å². The Morgan fingerprint density at radius 2 is 1.58 bits per heavy atom. The van der Waals surface area contributed by atoms with Crippen LogP contribution in [0, 0.1) is 5.82 Å². The Morgan fingerprint density at radius 3 is 2.11 bits per heavy atom. The molecule has 0 aliphatic carbocycles. The van der Waals surface area contributed by atoms with Gasteiger partial charge < -0.3 is 10.1 Å². The van der Waals surface area contributed by atoms with Crippen molar-refractivity contribution in [2.75, 3.05) is 11.9 Å². The second-order valence-corrected chi connectivity index (χ2v) is 3.93. The van der Waals surface area contributed by atoms with Gasteiger partial charge in [-0.2, -0.15) is 0 Å². The van der Waals surface area contributed by atoms with E-state index < -0.39 is 0 Å². The van der Waals surface area contributed by atoms with Gasteiger partial charge in [0.05, 0.1) is 12.2 Å². The maximum absolute atomic E-state index is 12.8. The zero-order valence-corrected chi connectivity index (χ0v) is 10.5. The molecule has 2 aromatic carbocycles.